The van der Waals surface area contributed by atoms with Crippen molar-refractivity contribution >= 4 is 17.1 Å². The van der Waals surface area contributed by atoms with Crippen LogP contribution < -0.4 is 16.3 Å². The minimum atomic E-state index is -0.657. The lowest BCUT2D eigenvalue weighted by Crippen LogP contribution is -2.29. The Morgan fingerprint density at radius 2 is 2.22 bits per heavy atom. The molecule has 1 aliphatic heterocycles. The fraction of sp³-hybridized carbons (Fsp3) is 0.421. The summed E-state index contributed by atoms with van der Waals surface area (Å²) < 4.78 is 1.57. The summed E-state index contributed by atoms with van der Waals surface area (Å²) in [4.78, 5) is 24.4. The molecule has 1 fully saturated rings. The van der Waals surface area contributed by atoms with Crippen LogP contribution in [0.15, 0.2) is 35.3 Å². The largest absolute Gasteiger partial charge is 0.390 e. The first kappa shape index (κ1) is 16.5. The van der Waals surface area contributed by atoms with Gasteiger partial charge in [0.25, 0.3) is 0 Å². The molecular weight excluding hydrogens is 344 g/mol. The summed E-state index contributed by atoms with van der Waals surface area (Å²) in [6.45, 7) is 2.83. The SMILES string of the molecule is O=c1[nH]c2cnc(NC[C@@H]3CCNC3)nc2n1[C@@H]1c2ccccc2C[C@@H]1O. The lowest BCUT2D eigenvalue weighted by atomic mass is 10.1. The third-order valence-electron chi connectivity index (χ3n) is 5.61. The van der Waals surface area contributed by atoms with E-state index in [1.54, 1.807) is 10.8 Å². The standard InChI is InChI=1S/C19H22N6O2/c26-15-7-12-3-1-2-4-13(12)16(15)25-17-14(23-19(25)27)10-22-18(24-17)21-9-11-5-6-20-8-11/h1-4,10-11,15-16,20,26H,5-9H2,(H,23,27)(H,21,22,24)/t11-,15+,16-/m1/s1. The average molecular weight is 366 g/mol. The summed E-state index contributed by atoms with van der Waals surface area (Å²) in [6.07, 6.45) is 2.64. The van der Waals surface area contributed by atoms with Gasteiger partial charge in [0.15, 0.2) is 5.65 Å². The lowest BCUT2D eigenvalue weighted by Gasteiger charge is -2.17. The molecule has 27 heavy (non-hydrogen) atoms. The van der Waals surface area contributed by atoms with Crippen molar-refractivity contribution in [2.75, 3.05) is 25.0 Å². The number of fused-ring (bicyclic) bond motifs is 2. The second kappa shape index (κ2) is 6.47. The number of nitrogens with zero attached hydrogens (tertiary/aromatic N) is 3. The summed E-state index contributed by atoms with van der Waals surface area (Å²) in [7, 11) is 0. The third-order valence-corrected chi connectivity index (χ3v) is 5.61. The highest BCUT2D eigenvalue weighted by molar-refractivity contribution is 5.71. The van der Waals surface area contributed by atoms with E-state index < -0.39 is 12.1 Å². The van der Waals surface area contributed by atoms with Crippen LogP contribution in [0, 0.1) is 5.92 Å². The van der Waals surface area contributed by atoms with E-state index in [2.05, 4.69) is 25.6 Å². The second-order valence-electron chi connectivity index (χ2n) is 7.39. The van der Waals surface area contributed by atoms with Crippen LogP contribution in [0.3, 0.4) is 0 Å². The highest BCUT2D eigenvalue weighted by Gasteiger charge is 2.34. The van der Waals surface area contributed by atoms with Crippen molar-refractivity contribution in [1.82, 2.24) is 24.8 Å². The molecule has 3 aromatic rings. The molecule has 2 aliphatic rings. The van der Waals surface area contributed by atoms with Gasteiger partial charge in [-0.3, -0.25) is 4.57 Å². The molecule has 0 bridgehead atoms. The van der Waals surface area contributed by atoms with Crippen molar-refractivity contribution in [3.63, 3.8) is 0 Å². The normalized spacial score (nSPS) is 24.4. The van der Waals surface area contributed by atoms with Gasteiger partial charge in [-0.05, 0) is 36.6 Å². The third kappa shape index (κ3) is 2.81. The van der Waals surface area contributed by atoms with Gasteiger partial charge in [0.05, 0.1) is 18.3 Å². The number of benzene rings is 1. The van der Waals surface area contributed by atoms with E-state index in [1.165, 1.54) is 0 Å². The summed E-state index contributed by atoms with van der Waals surface area (Å²) in [6, 6.07) is 7.41. The van der Waals surface area contributed by atoms with E-state index in [0.717, 1.165) is 37.2 Å². The van der Waals surface area contributed by atoms with E-state index in [4.69, 9.17) is 0 Å². The van der Waals surface area contributed by atoms with Crippen LogP contribution in [0.1, 0.15) is 23.6 Å². The van der Waals surface area contributed by atoms with Crippen molar-refractivity contribution in [2.24, 2.45) is 5.92 Å². The Labute approximate surface area is 155 Å². The van der Waals surface area contributed by atoms with Crippen molar-refractivity contribution in [3.05, 3.63) is 52.1 Å². The van der Waals surface area contributed by atoms with E-state index >= 15 is 0 Å². The predicted molar refractivity (Wildman–Crippen MR) is 102 cm³/mol. The molecule has 140 valence electrons. The molecule has 1 saturated heterocycles. The zero-order chi connectivity index (χ0) is 18.4. The highest BCUT2D eigenvalue weighted by Crippen LogP contribution is 2.35. The van der Waals surface area contributed by atoms with Gasteiger partial charge < -0.3 is 20.7 Å². The molecule has 5 rings (SSSR count). The van der Waals surface area contributed by atoms with E-state index in [0.29, 0.717) is 29.5 Å². The van der Waals surface area contributed by atoms with Crippen LogP contribution in [0.5, 0.6) is 0 Å². The zero-order valence-electron chi connectivity index (χ0n) is 14.9. The summed E-state index contributed by atoms with van der Waals surface area (Å²) in [5.74, 6) is 1.06. The zero-order valence-corrected chi connectivity index (χ0v) is 14.9. The number of aromatic nitrogens is 4. The summed E-state index contributed by atoms with van der Waals surface area (Å²) >= 11 is 0. The van der Waals surface area contributed by atoms with E-state index in [1.807, 2.05) is 24.3 Å². The minimum Gasteiger partial charge on any atom is -0.390 e. The Balaban J connectivity index is 1.53. The van der Waals surface area contributed by atoms with Crippen LogP contribution >= 0.6 is 0 Å². The molecule has 3 atom stereocenters. The van der Waals surface area contributed by atoms with Crippen LogP contribution in [0.2, 0.25) is 0 Å². The van der Waals surface area contributed by atoms with Gasteiger partial charge in [0, 0.05) is 13.0 Å². The number of hydrogen-bond donors (Lipinski definition) is 4. The van der Waals surface area contributed by atoms with Crippen molar-refractivity contribution in [1.29, 1.82) is 0 Å². The molecule has 0 amide bonds. The Kier molecular flexibility index (Phi) is 3.95. The van der Waals surface area contributed by atoms with Crippen molar-refractivity contribution in [2.45, 2.75) is 25.0 Å². The first-order valence-corrected chi connectivity index (χ1v) is 9.38. The molecule has 0 unspecified atom stereocenters. The number of aliphatic hydroxyl groups excluding tert-OH is 1. The molecular formula is C19H22N6O2. The summed E-state index contributed by atoms with van der Waals surface area (Å²) in [5, 5.41) is 17.3. The number of nitrogens with one attached hydrogen (secondary N) is 3. The van der Waals surface area contributed by atoms with Crippen LogP contribution in [0.4, 0.5) is 5.95 Å². The Morgan fingerprint density at radius 1 is 1.33 bits per heavy atom. The number of aromatic amines is 1. The monoisotopic (exact) mass is 366 g/mol. The maximum Gasteiger partial charge on any atom is 0.328 e. The van der Waals surface area contributed by atoms with Gasteiger partial charge in [-0.15, -0.1) is 0 Å². The smallest absolute Gasteiger partial charge is 0.328 e. The number of anilines is 1. The van der Waals surface area contributed by atoms with Gasteiger partial charge in [0.1, 0.15) is 5.52 Å². The van der Waals surface area contributed by atoms with Gasteiger partial charge >= 0.3 is 5.69 Å². The van der Waals surface area contributed by atoms with Crippen LogP contribution in [0.25, 0.3) is 11.2 Å². The van der Waals surface area contributed by atoms with Gasteiger partial charge in [0.2, 0.25) is 5.95 Å². The first-order valence-electron chi connectivity index (χ1n) is 9.38. The van der Waals surface area contributed by atoms with Crippen LogP contribution in [-0.4, -0.2) is 50.4 Å². The molecule has 1 aromatic carbocycles. The van der Waals surface area contributed by atoms with E-state index in [-0.39, 0.29) is 5.69 Å². The average Bonchev–Trinajstić information content (AvgIpc) is 3.36. The van der Waals surface area contributed by atoms with E-state index in [9.17, 15) is 9.90 Å². The van der Waals surface area contributed by atoms with Gasteiger partial charge in [-0.1, -0.05) is 24.3 Å². The Morgan fingerprint density at radius 3 is 3.07 bits per heavy atom. The molecule has 0 spiro atoms. The molecule has 2 aromatic heterocycles. The number of rotatable bonds is 4. The topological polar surface area (TPSA) is 108 Å². The number of aliphatic hydroxyl groups is 1. The molecule has 0 saturated carbocycles. The quantitative estimate of drug-likeness (QED) is 0.540. The maximum atomic E-state index is 12.7. The molecule has 0 radical (unpaired) electrons. The number of imidazole rings is 1. The predicted octanol–water partition coefficient (Wildman–Crippen LogP) is 0.647. The molecule has 1 aliphatic carbocycles. The first-order chi connectivity index (χ1) is 13.2. The Bertz CT molecular complexity index is 1040. The molecule has 8 heteroatoms. The molecule has 8 nitrogen and oxygen atoms in total. The summed E-state index contributed by atoms with van der Waals surface area (Å²) in [5.41, 5.74) is 2.85. The van der Waals surface area contributed by atoms with Gasteiger partial charge in [-0.2, -0.15) is 4.98 Å². The lowest BCUT2D eigenvalue weighted by molar-refractivity contribution is 0.144. The van der Waals surface area contributed by atoms with Gasteiger partial charge in [-0.25, -0.2) is 9.78 Å². The second-order valence-corrected chi connectivity index (χ2v) is 7.39. The molecule has 3 heterocycles. The fourth-order valence-corrected chi connectivity index (χ4v) is 4.25. The highest BCUT2D eigenvalue weighted by atomic mass is 16.3. The maximum absolute atomic E-state index is 12.7. The number of H-pyrrole nitrogens is 1. The van der Waals surface area contributed by atoms with Crippen LogP contribution in [-0.2, 0) is 6.42 Å². The fourth-order valence-electron chi connectivity index (χ4n) is 4.25. The minimum absolute atomic E-state index is 0.280. The van der Waals surface area contributed by atoms with Crippen molar-refractivity contribution in [3.8, 4) is 0 Å². The Hall–Kier alpha value is -2.71. The molecule has 4 N–H and O–H groups in total. The van der Waals surface area contributed by atoms with Crippen molar-refractivity contribution < 1.29 is 5.11 Å². The number of hydrogen-bond acceptors (Lipinski definition) is 6.